The fourth-order valence-corrected chi connectivity index (χ4v) is 1.59. The monoisotopic (exact) mass is 235 g/mol. The first-order valence-corrected chi connectivity index (χ1v) is 5.66. The summed E-state index contributed by atoms with van der Waals surface area (Å²) >= 11 is 0. The van der Waals surface area contributed by atoms with Crippen LogP contribution >= 0.6 is 0 Å². The number of nitrogens with zero attached hydrogens (tertiary/aromatic N) is 1. The van der Waals surface area contributed by atoms with Gasteiger partial charge in [0, 0.05) is 18.3 Å². The number of rotatable bonds is 5. The molecule has 0 fully saturated rings. The van der Waals surface area contributed by atoms with Crippen LogP contribution in [0.25, 0.3) is 0 Å². The molecule has 0 saturated carbocycles. The van der Waals surface area contributed by atoms with Gasteiger partial charge in [-0.3, -0.25) is 4.79 Å². The van der Waals surface area contributed by atoms with Gasteiger partial charge in [0.15, 0.2) is 6.29 Å². The van der Waals surface area contributed by atoms with Crippen LogP contribution in [0.2, 0.25) is 0 Å². The van der Waals surface area contributed by atoms with Crippen molar-refractivity contribution < 1.29 is 14.3 Å². The molecule has 0 aliphatic carbocycles. The molecule has 0 N–H and O–H groups in total. The molecule has 0 atom stereocenters. The first kappa shape index (κ1) is 13.2. The smallest absolute Gasteiger partial charge is 0.354 e. The maximum Gasteiger partial charge on any atom is 0.354 e. The molecule has 1 heterocycles. The summed E-state index contributed by atoms with van der Waals surface area (Å²) in [6.07, 6.45) is 7.44. The highest BCUT2D eigenvalue weighted by Gasteiger charge is 2.19. The maximum atomic E-state index is 11.7. The molecular weight excluding hydrogens is 218 g/mol. The van der Waals surface area contributed by atoms with Crippen LogP contribution in [0.3, 0.4) is 0 Å². The zero-order chi connectivity index (χ0) is 12.7. The molecule has 1 aliphatic rings. The van der Waals surface area contributed by atoms with Crippen molar-refractivity contribution in [1.29, 1.82) is 0 Å². The van der Waals surface area contributed by atoms with Gasteiger partial charge in [-0.25, -0.2) is 4.79 Å². The molecule has 0 aromatic heterocycles. The van der Waals surface area contributed by atoms with Crippen molar-refractivity contribution in [1.82, 2.24) is 4.90 Å². The van der Waals surface area contributed by atoms with Gasteiger partial charge in [0.25, 0.3) is 0 Å². The molecule has 1 rings (SSSR count). The Morgan fingerprint density at radius 1 is 1.65 bits per heavy atom. The predicted molar refractivity (Wildman–Crippen MR) is 65.0 cm³/mol. The van der Waals surface area contributed by atoms with Crippen LogP contribution in [-0.2, 0) is 14.3 Å². The highest BCUT2D eigenvalue weighted by Crippen LogP contribution is 2.17. The average molecular weight is 235 g/mol. The average Bonchev–Trinajstić information content (AvgIpc) is 2.36. The van der Waals surface area contributed by atoms with Gasteiger partial charge in [0.05, 0.1) is 6.61 Å². The second kappa shape index (κ2) is 6.68. The van der Waals surface area contributed by atoms with Gasteiger partial charge < -0.3 is 9.64 Å². The molecular formula is C13H17NO3. The number of hydrogen-bond donors (Lipinski definition) is 0. The zero-order valence-corrected chi connectivity index (χ0v) is 10.0. The number of carbonyl (C=O) groups is 2. The highest BCUT2D eigenvalue weighted by molar-refractivity contribution is 5.88. The molecule has 0 spiro atoms. The van der Waals surface area contributed by atoms with Gasteiger partial charge in [-0.1, -0.05) is 18.7 Å². The molecule has 0 aromatic carbocycles. The van der Waals surface area contributed by atoms with Crippen LogP contribution in [0.15, 0.2) is 36.2 Å². The van der Waals surface area contributed by atoms with Crippen molar-refractivity contribution in [2.24, 2.45) is 0 Å². The van der Waals surface area contributed by atoms with Crippen LogP contribution < -0.4 is 0 Å². The van der Waals surface area contributed by atoms with E-state index < -0.39 is 0 Å². The molecule has 0 amide bonds. The van der Waals surface area contributed by atoms with E-state index in [4.69, 9.17) is 4.74 Å². The topological polar surface area (TPSA) is 46.6 Å². The lowest BCUT2D eigenvalue weighted by molar-refractivity contribution is -0.140. The van der Waals surface area contributed by atoms with Crippen molar-refractivity contribution in [3.8, 4) is 0 Å². The lowest BCUT2D eigenvalue weighted by atomic mass is 10.1. The third-order valence-electron chi connectivity index (χ3n) is 2.41. The third-order valence-corrected chi connectivity index (χ3v) is 2.41. The molecule has 92 valence electrons. The Kier molecular flexibility index (Phi) is 5.20. The van der Waals surface area contributed by atoms with Crippen LogP contribution in [0.1, 0.15) is 19.8 Å². The number of aldehydes is 1. The Balaban J connectivity index is 2.89. The van der Waals surface area contributed by atoms with E-state index in [2.05, 4.69) is 6.58 Å². The highest BCUT2D eigenvalue weighted by atomic mass is 16.5. The Labute approximate surface area is 101 Å². The van der Waals surface area contributed by atoms with E-state index in [1.807, 2.05) is 6.08 Å². The second-order valence-electron chi connectivity index (χ2n) is 3.60. The first-order chi connectivity index (χ1) is 8.22. The van der Waals surface area contributed by atoms with E-state index in [-0.39, 0.29) is 5.97 Å². The van der Waals surface area contributed by atoms with Crippen LogP contribution in [-0.4, -0.2) is 30.3 Å². The minimum atomic E-state index is -0.349. The number of esters is 1. The van der Waals surface area contributed by atoms with Crippen LogP contribution in [0.5, 0.6) is 0 Å². The molecule has 17 heavy (non-hydrogen) atoms. The predicted octanol–water partition coefficient (Wildman–Crippen LogP) is 1.80. The fraction of sp³-hybridized carbons (Fsp3) is 0.385. The van der Waals surface area contributed by atoms with E-state index in [9.17, 15) is 9.59 Å². The van der Waals surface area contributed by atoms with Gasteiger partial charge in [-0.05, 0) is 19.8 Å². The molecule has 4 heteroatoms. The molecule has 0 bridgehead atoms. The molecule has 4 nitrogen and oxygen atoms in total. The van der Waals surface area contributed by atoms with Gasteiger partial charge in [0.2, 0.25) is 0 Å². The molecule has 0 radical (unpaired) electrons. The van der Waals surface area contributed by atoms with Crippen molar-refractivity contribution >= 4 is 12.3 Å². The number of carbonyl (C=O) groups excluding carboxylic acids is 2. The summed E-state index contributed by atoms with van der Waals surface area (Å²) < 4.78 is 4.97. The van der Waals surface area contributed by atoms with E-state index in [1.165, 1.54) is 6.08 Å². The second-order valence-corrected chi connectivity index (χ2v) is 3.60. The summed E-state index contributed by atoms with van der Waals surface area (Å²) in [6.45, 7) is 6.35. The SMILES string of the molecule is C=C/C(C=O)=C\N1CCCC=C1C(=O)OCC. The fourth-order valence-electron chi connectivity index (χ4n) is 1.59. The zero-order valence-electron chi connectivity index (χ0n) is 10.0. The third kappa shape index (κ3) is 3.59. The molecule has 0 aromatic rings. The van der Waals surface area contributed by atoms with Crippen molar-refractivity contribution in [3.05, 3.63) is 36.2 Å². The number of hydrogen-bond acceptors (Lipinski definition) is 4. The summed E-state index contributed by atoms with van der Waals surface area (Å²) in [4.78, 5) is 24.1. The minimum absolute atomic E-state index is 0.343. The lowest BCUT2D eigenvalue weighted by Gasteiger charge is -2.26. The van der Waals surface area contributed by atoms with E-state index in [0.717, 1.165) is 12.8 Å². The Hall–Kier alpha value is -1.84. The lowest BCUT2D eigenvalue weighted by Crippen LogP contribution is -2.28. The standard InChI is InChI=1S/C13H17NO3/c1-3-11(10-15)9-14-8-6-5-7-12(14)13(16)17-4-2/h3,7,9-10H,1,4-6,8H2,2H3/b11-9+. The Bertz CT molecular complexity index is 359. The van der Waals surface area contributed by atoms with E-state index in [0.29, 0.717) is 30.7 Å². The van der Waals surface area contributed by atoms with Crippen LogP contribution in [0, 0.1) is 0 Å². The molecule has 0 saturated heterocycles. The van der Waals surface area contributed by atoms with Crippen molar-refractivity contribution in [2.45, 2.75) is 19.8 Å². The molecule has 1 aliphatic heterocycles. The maximum absolute atomic E-state index is 11.7. The summed E-state index contributed by atoms with van der Waals surface area (Å²) in [5.74, 6) is -0.349. The summed E-state index contributed by atoms with van der Waals surface area (Å²) in [7, 11) is 0. The Morgan fingerprint density at radius 3 is 3.00 bits per heavy atom. The van der Waals surface area contributed by atoms with Crippen molar-refractivity contribution in [3.63, 3.8) is 0 Å². The van der Waals surface area contributed by atoms with Gasteiger partial charge >= 0.3 is 5.97 Å². The normalized spacial score (nSPS) is 16.2. The van der Waals surface area contributed by atoms with Crippen LogP contribution in [0.4, 0.5) is 0 Å². The summed E-state index contributed by atoms with van der Waals surface area (Å²) in [6, 6.07) is 0. The Morgan fingerprint density at radius 2 is 2.41 bits per heavy atom. The number of allylic oxidation sites excluding steroid dienone is 3. The van der Waals surface area contributed by atoms with Crippen molar-refractivity contribution in [2.75, 3.05) is 13.2 Å². The first-order valence-electron chi connectivity index (χ1n) is 5.66. The van der Waals surface area contributed by atoms with Gasteiger partial charge in [-0.2, -0.15) is 0 Å². The molecule has 0 unspecified atom stereocenters. The summed E-state index contributed by atoms with van der Waals surface area (Å²) in [5, 5.41) is 0. The van der Waals surface area contributed by atoms with E-state index >= 15 is 0 Å². The number of ether oxygens (including phenoxy) is 1. The minimum Gasteiger partial charge on any atom is -0.461 e. The van der Waals surface area contributed by atoms with E-state index in [1.54, 1.807) is 18.0 Å². The summed E-state index contributed by atoms with van der Waals surface area (Å²) in [5.41, 5.74) is 0.946. The largest absolute Gasteiger partial charge is 0.461 e. The van der Waals surface area contributed by atoms with Gasteiger partial charge in [0.1, 0.15) is 5.70 Å². The quantitative estimate of drug-likeness (QED) is 0.315. The van der Waals surface area contributed by atoms with Gasteiger partial charge in [-0.15, -0.1) is 0 Å².